The van der Waals surface area contributed by atoms with E-state index in [1.165, 1.54) is 16.2 Å². The van der Waals surface area contributed by atoms with Gasteiger partial charge in [-0.2, -0.15) is 0 Å². The Bertz CT molecular complexity index is 750. The monoisotopic (exact) mass is 356 g/mol. The summed E-state index contributed by atoms with van der Waals surface area (Å²) in [4.78, 5) is 26.5. The number of carbonyl (C=O) groups is 2. The molecule has 3 rings (SSSR count). The minimum Gasteiger partial charge on any atom is -0.337 e. The molecule has 1 aliphatic carbocycles. The van der Waals surface area contributed by atoms with Crippen molar-refractivity contribution in [2.45, 2.75) is 32.2 Å². The lowest BCUT2D eigenvalue weighted by Crippen LogP contribution is -2.37. The number of carbonyl (C=O) groups excluding carboxylic acids is 2. The molecule has 23 heavy (non-hydrogen) atoms. The molecule has 0 bridgehead atoms. The van der Waals surface area contributed by atoms with Gasteiger partial charge in [-0.3, -0.25) is 9.59 Å². The van der Waals surface area contributed by atoms with Gasteiger partial charge in [0.25, 0.3) is 5.91 Å². The first kappa shape index (κ1) is 16.4. The van der Waals surface area contributed by atoms with Crippen LogP contribution in [-0.4, -0.2) is 49.7 Å². The van der Waals surface area contributed by atoms with Crippen LogP contribution in [0, 0.1) is 12.8 Å². The van der Waals surface area contributed by atoms with Crippen LogP contribution in [0.2, 0.25) is 0 Å². The Morgan fingerprint density at radius 1 is 1.30 bits per heavy atom. The number of sulfone groups is 1. The fourth-order valence-corrected chi connectivity index (χ4v) is 5.56. The highest BCUT2D eigenvalue weighted by Gasteiger charge is 2.34. The number of amides is 2. The smallest absolute Gasteiger partial charge is 0.264 e. The molecule has 1 saturated heterocycles. The molecule has 2 aliphatic rings. The van der Waals surface area contributed by atoms with Crippen LogP contribution in [0.5, 0.6) is 0 Å². The zero-order valence-corrected chi connectivity index (χ0v) is 14.8. The normalized spacial score (nSPS) is 22.8. The van der Waals surface area contributed by atoms with Crippen LogP contribution in [0.25, 0.3) is 0 Å². The summed E-state index contributed by atoms with van der Waals surface area (Å²) in [5.74, 6) is 0.122. The molecule has 0 aromatic carbocycles. The van der Waals surface area contributed by atoms with Gasteiger partial charge in [-0.15, -0.1) is 11.3 Å². The Kier molecular flexibility index (Phi) is 4.22. The summed E-state index contributed by atoms with van der Waals surface area (Å²) in [5.41, 5.74) is 0.804. The minimum absolute atomic E-state index is 0.0143. The van der Waals surface area contributed by atoms with Crippen LogP contribution in [0.15, 0.2) is 6.07 Å². The van der Waals surface area contributed by atoms with Crippen LogP contribution in [0.3, 0.4) is 0 Å². The molecule has 2 heterocycles. The molecule has 2 amide bonds. The molecule has 6 nitrogen and oxygen atoms in total. The van der Waals surface area contributed by atoms with Crippen molar-refractivity contribution >= 4 is 38.0 Å². The Labute approximate surface area is 139 Å². The van der Waals surface area contributed by atoms with E-state index in [2.05, 4.69) is 5.32 Å². The number of rotatable bonds is 4. The van der Waals surface area contributed by atoms with Crippen LogP contribution in [0.1, 0.15) is 34.5 Å². The standard InChI is InChI=1S/C15H20N2O4S2/c1-9-7-12(16-14(18)10-3-4-10)22-13(9)15(19)17(2)11-5-6-23(20,21)8-11/h7,10-11H,3-6,8H2,1-2H3,(H,16,18). The van der Waals surface area contributed by atoms with E-state index in [1.54, 1.807) is 13.1 Å². The fourth-order valence-electron chi connectivity index (χ4n) is 2.73. The van der Waals surface area contributed by atoms with Crippen molar-refractivity contribution in [1.82, 2.24) is 4.90 Å². The Morgan fingerprint density at radius 2 is 2.00 bits per heavy atom. The third kappa shape index (κ3) is 3.58. The van der Waals surface area contributed by atoms with E-state index >= 15 is 0 Å². The highest BCUT2D eigenvalue weighted by molar-refractivity contribution is 7.91. The van der Waals surface area contributed by atoms with Gasteiger partial charge in [0.2, 0.25) is 5.91 Å². The van der Waals surface area contributed by atoms with Crippen molar-refractivity contribution in [2.24, 2.45) is 5.92 Å². The molecular formula is C15H20N2O4S2. The first-order valence-electron chi connectivity index (χ1n) is 7.66. The first-order valence-corrected chi connectivity index (χ1v) is 10.3. The third-order valence-electron chi connectivity index (χ3n) is 4.38. The van der Waals surface area contributed by atoms with E-state index in [0.29, 0.717) is 16.3 Å². The maximum Gasteiger partial charge on any atom is 0.264 e. The van der Waals surface area contributed by atoms with Gasteiger partial charge in [-0.25, -0.2) is 8.42 Å². The largest absolute Gasteiger partial charge is 0.337 e. The van der Waals surface area contributed by atoms with Gasteiger partial charge in [0, 0.05) is 19.0 Å². The molecule has 0 radical (unpaired) electrons. The minimum atomic E-state index is -3.03. The number of hydrogen-bond donors (Lipinski definition) is 1. The number of nitrogens with one attached hydrogen (secondary N) is 1. The molecule has 0 spiro atoms. The van der Waals surface area contributed by atoms with Crippen molar-refractivity contribution in [2.75, 3.05) is 23.9 Å². The second kappa shape index (κ2) is 5.90. The molecular weight excluding hydrogens is 336 g/mol. The van der Waals surface area contributed by atoms with Crippen LogP contribution < -0.4 is 5.32 Å². The predicted molar refractivity (Wildman–Crippen MR) is 89.6 cm³/mol. The Hall–Kier alpha value is -1.41. The summed E-state index contributed by atoms with van der Waals surface area (Å²) in [5, 5.41) is 3.53. The van der Waals surface area contributed by atoms with Gasteiger partial charge in [0.1, 0.15) is 0 Å². The van der Waals surface area contributed by atoms with E-state index in [9.17, 15) is 18.0 Å². The topological polar surface area (TPSA) is 83.6 Å². The van der Waals surface area contributed by atoms with Crippen LogP contribution >= 0.6 is 11.3 Å². The summed E-state index contributed by atoms with van der Waals surface area (Å²) in [6.45, 7) is 1.83. The average molecular weight is 356 g/mol. The predicted octanol–water partition coefficient (Wildman–Crippen LogP) is 1.66. The highest BCUT2D eigenvalue weighted by atomic mass is 32.2. The van der Waals surface area contributed by atoms with Crippen molar-refractivity contribution in [3.63, 3.8) is 0 Å². The quantitative estimate of drug-likeness (QED) is 0.889. The molecule has 1 aliphatic heterocycles. The molecule has 1 saturated carbocycles. The van der Waals surface area contributed by atoms with E-state index in [4.69, 9.17) is 0 Å². The van der Waals surface area contributed by atoms with E-state index < -0.39 is 9.84 Å². The lowest BCUT2D eigenvalue weighted by Gasteiger charge is -2.23. The summed E-state index contributed by atoms with van der Waals surface area (Å²) < 4.78 is 23.2. The van der Waals surface area contributed by atoms with Crippen molar-refractivity contribution < 1.29 is 18.0 Å². The SMILES string of the molecule is Cc1cc(NC(=O)C2CC2)sc1C(=O)N(C)C1CCS(=O)(=O)C1. The lowest BCUT2D eigenvalue weighted by atomic mass is 10.2. The molecule has 1 aromatic rings. The first-order chi connectivity index (χ1) is 10.8. The molecule has 126 valence electrons. The Balaban J connectivity index is 1.71. The number of aryl methyl sites for hydroxylation is 1. The molecule has 1 unspecified atom stereocenters. The van der Waals surface area contributed by atoms with Crippen LogP contribution in [-0.2, 0) is 14.6 Å². The summed E-state index contributed by atoms with van der Waals surface area (Å²) in [7, 11) is -1.38. The second-order valence-electron chi connectivity index (χ2n) is 6.36. The van der Waals surface area contributed by atoms with E-state index in [1.807, 2.05) is 6.92 Å². The number of hydrogen-bond acceptors (Lipinski definition) is 5. The van der Waals surface area contributed by atoms with Gasteiger partial charge in [-0.05, 0) is 37.8 Å². The van der Waals surface area contributed by atoms with Crippen molar-refractivity contribution in [1.29, 1.82) is 0 Å². The zero-order chi connectivity index (χ0) is 16.8. The van der Waals surface area contributed by atoms with Gasteiger partial charge in [0.05, 0.1) is 21.4 Å². The maximum absolute atomic E-state index is 12.6. The van der Waals surface area contributed by atoms with Gasteiger partial charge in [0.15, 0.2) is 9.84 Å². The summed E-state index contributed by atoms with van der Waals surface area (Å²) >= 11 is 1.26. The molecule has 1 N–H and O–H groups in total. The molecule has 1 aromatic heterocycles. The van der Waals surface area contributed by atoms with Crippen LogP contribution in [0.4, 0.5) is 5.00 Å². The van der Waals surface area contributed by atoms with Gasteiger partial charge >= 0.3 is 0 Å². The second-order valence-corrected chi connectivity index (χ2v) is 9.64. The zero-order valence-electron chi connectivity index (χ0n) is 13.2. The van der Waals surface area contributed by atoms with E-state index in [0.717, 1.165) is 18.4 Å². The van der Waals surface area contributed by atoms with Gasteiger partial charge in [-0.1, -0.05) is 0 Å². The van der Waals surface area contributed by atoms with Crippen molar-refractivity contribution in [3.8, 4) is 0 Å². The lowest BCUT2D eigenvalue weighted by molar-refractivity contribution is -0.117. The number of nitrogens with zero attached hydrogens (tertiary/aromatic N) is 1. The number of anilines is 1. The summed E-state index contributed by atoms with van der Waals surface area (Å²) in [6, 6.07) is 1.54. The highest BCUT2D eigenvalue weighted by Crippen LogP contribution is 2.33. The third-order valence-corrected chi connectivity index (χ3v) is 7.27. The van der Waals surface area contributed by atoms with E-state index in [-0.39, 0.29) is 35.3 Å². The fraction of sp³-hybridized carbons (Fsp3) is 0.600. The molecule has 2 fully saturated rings. The summed E-state index contributed by atoms with van der Waals surface area (Å²) in [6.07, 6.45) is 2.35. The average Bonchev–Trinajstić information content (AvgIpc) is 3.18. The maximum atomic E-state index is 12.6. The molecule has 8 heteroatoms. The Morgan fingerprint density at radius 3 is 2.57 bits per heavy atom. The molecule has 1 atom stereocenters. The number of thiophene rings is 1. The van der Waals surface area contributed by atoms with Gasteiger partial charge < -0.3 is 10.2 Å². The van der Waals surface area contributed by atoms with Crippen molar-refractivity contribution in [3.05, 3.63) is 16.5 Å².